The summed E-state index contributed by atoms with van der Waals surface area (Å²) < 4.78 is 0. The van der Waals surface area contributed by atoms with E-state index in [2.05, 4.69) is 10.9 Å². The van der Waals surface area contributed by atoms with Crippen molar-refractivity contribution in [1.29, 1.82) is 0 Å². The Morgan fingerprint density at radius 1 is 0.455 bits per heavy atom. The molecule has 2 heteroatoms. The Kier molecular flexibility index (Phi) is 5.42. The second-order valence-electron chi connectivity index (χ2n) is 3.33. The molecule has 0 atom stereocenters. The van der Waals surface area contributed by atoms with Gasteiger partial charge in [-0.2, -0.15) is 0 Å². The van der Waals surface area contributed by atoms with Crippen LogP contribution in [-0.2, 0) is 0 Å². The molecular weight excluding hydrogens is 136 g/mol. The van der Waals surface area contributed by atoms with Gasteiger partial charge in [0.1, 0.15) is 0 Å². The van der Waals surface area contributed by atoms with E-state index in [-0.39, 0.29) is 0 Å². The molecule has 1 aliphatic rings. The summed E-state index contributed by atoms with van der Waals surface area (Å²) >= 11 is 0. The number of rotatable bonds is 0. The first kappa shape index (κ1) is 9.01. The quantitative estimate of drug-likeness (QED) is 0.559. The topological polar surface area (TPSA) is 24.1 Å². The zero-order valence-electron chi connectivity index (χ0n) is 7.36. The van der Waals surface area contributed by atoms with Crippen LogP contribution in [0.15, 0.2) is 0 Å². The lowest BCUT2D eigenvalue weighted by molar-refractivity contribution is 0.506. The molecule has 1 fully saturated rings. The second kappa shape index (κ2) is 6.62. The van der Waals surface area contributed by atoms with E-state index in [0.29, 0.717) is 0 Å². The summed E-state index contributed by atoms with van der Waals surface area (Å²) in [5.41, 5.74) is 6.47. The van der Waals surface area contributed by atoms with E-state index in [9.17, 15) is 0 Å². The third-order valence-corrected chi connectivity index (χ3v) is 2.23. The van der Waals surface area contributed by atoms with Gasteiger partial charge >= 0.3 is 0 Å². The third kappa shape index (κ3) is 5.22. The molecule has 0 bridgehead atoms. The molecular formula is C9H20N2. The van der Waals surface area contributed by atoms with Gasteiger partial charge in [0, 0.05) is 13.1 Å². The minimum atomic E-state index is 1.14. The molecule has 0 unspecified atom stereocenters. The lowest BCUT2D eigenvalue weighted by Crippen LogP contribution is -2.33. The van der Waals surface area contributed by atoms with Crippen LogP contribution in [0.3, 0.4) is 0 Å². The van der Waals surface area contributed by atoms with Crippen LogP contribution in [0.2, 0.25) is 0 Å². The van der Waals surface area contributed by atoms with Crippen molar-refractivity contribution >= 4 is 0 Å². The van der Waals surface area contributed by atoms with Gasteiger partial charge in [-0.15, -0.1) is 0 Å². The number of hydrogen-bond acceptors (Lipinski definition) is 2. The summed E-state index contributed by atoms with van der Waals surface area (Å²) in [5, 5.41) is 0. The van der Waals surface area contributed by atoms with Gasteiger partial charge in [0.25, 0.3) is 0 Å². The van der Waals surface area contributed by atoms with Gasteiger partial charge in [0.15, 0.2) is 0 Å². The fraction of sp³-hybridized carbons (Fsp3) is 1.00. The molecule has 0 aromatic rings. The lowest BCUT2D eigenvalue weighted by Gasteiger charge is -2.03. The van der Waals surface area contributed by atoms with Crippen LogP contribution in [0.5, 0.6) is 0 Å². The molecule has 66 valence electrons. The summed E-state index contributed by atoms with van der Waals surface area (Å²) in [7, 11) is 0. The SMILES string of the molecule is C1CCCCNNCCCC1. The Labute approximate surface area is 69.7 Å². The van der Waals surface area contributed by atoms with Crippen LogP contribution >= 0.6 is 0 Å². The van der Waals surface area contributed by atoms with Gasteiger partial charge in [0.05, 0.1) is 0 Å². The van der Waals surface area contributed by atoms with Gasteiger partial charge in [0.2, 0.25) is 0 Å². The maximum absolute atomic E-state index is 3.23. The Morgan fingerprint density at radius 3 is 1.27 bits per heavy atom. The zero-order valence-corrected chi connectivity index (χ0v) is 7.36. The summed E-state index contributed by atoms with van der Waals surface area (Å²) in [6.45, 7) is 2.28. The lowest BCUT2D eigenvalue weighted by atomic mass is 10.1. The normalized spacial score (nSPS) is 24.0. The van der Waals surface area contributed by atoms with Crippen LogP contribution in [0.25, 0.3) is 0 Å². The first-order chi connectivity index (χ1) is 5.50. The fourth-order valence-corrected chi connectivity index (χ4v) is 1.49. The average molecular weight is 156 g/mol. The molecule has 0 spiro atoms. The van der Waals surface area contributed by atoms with Crippen molar-refractivity contribution in [3.8, 4) is 0 Å². The Balaban J connectivity index is 2.02. The summed E-state index contributed by atoms with van der Waals surface area (Å²) in [6.07, 6.45) is 9.76. The van der Waals surface area contributed by atoms with Crippen molar-refractivity contribution in [2.75, 3.05) is 13.1 Å². The minimum Gasteiger partial charge on any atom is -0.258 e. The summed E-state index contributed by atoms with van der Waals surface area (Å²) in [5.74, 6) is 0. The molecule has 11 heavy (non-hydrogen) atoms. The highest BCUT2D eigenvalue weighted by Gasteiger charge is 1.94. The van der Waals surface area contributed by atoms with Crippen molar-refractivity contribution in [2.24, 2.45) is 0 Å². The van der Waals surface area contributed by atoms with Gasteiger partial charge in [-0.3, -0.25) is 10.9 Å². The Bertz CT molecular complexity index is 45.6. The predicted molar refractivity (Wildman–Crippen MR) is 48.3 cm³/mol. The highest BCUT2D eigenvalue weighted by Crippen LogP contribution is 2.06. The molecule has 1 rings (SSSR count). The maximum Gasteiger partial charge on any atom is 0.00997 e. The van der Waals surface area contributed by atoms with Gasteiger partial charge in [-0.25, -0.2) is 0 Å². The minimum absolute atomic E-state index is 1.14. The van der Waals surface area contributed by atoms with Gasteiger partial charge in [-0.1, -0.05) is 32.1 Å². The predicted octanol–water partition coefficient (Wildman–Crippen LogP) is 1.82. The third-order valence-electron chi connectivity index (χ3n) is 2.23. The highest BCUT2D eigenvalue weighted by molar-refractivity contribution is 4.51. The second-order valence-corrected chi connectivity index (χ2v) is 3.33. The molecule has 0 aromatic heterocycles. The van der Waals surface area contributed by atoms with E-state index >= 15 is 0 Å². The van der Waals surface area contributed by atoms with Crippen LogP contribution in [0.1, 0.15) is 44.9 Å². The number of hydrogen-bond donors (Lipinski definition) is 2. The van der Waals surface area contributed by atoms with Crippen LogP contribution in [-0.4, -0.2) is 13.1 Å². The monoisotopic (exact) mass is 156 g/mol. The summed E-state index contributed by atoms with van der Waals surface area (Å²) in [4.78, 5) is 0. The Morgan fingerprint density at radius 2 is 0.818 bits per heavy atom. The zero-order chi connectivity index (χ0) is 7.78. The van der Waals surface area contributed by atoms with E-state index in [1.165, 1.54) is 44.9 Å². The van der Waals surface area contributed by atoms with Crippen LogP contribution < -0.4 is 10.9 Å². The van der Waals surface area contributed by atoms with Crippen molar-refractivity contribution in [3.63, 3.8) is 0 Å². The number of nitrogens with one attached hydrogen (secondary N) is 2. The first-order valence-electron chi connectivity index (χ1n) is 4.96. The van der Waals surface area contributed by atoms with E-state index in [0.717, 1.165) is 13.1 Å². The molecule has 1 saturated heterocycles. The van der Waals surface area contributed by atoms with Crippen molar-refractivity contribution in [1.82, 2.24) is 10.9 Å². The smallest absolute Gasteiger partial charge is 0.00997 e. The van der Waals surface area contributed by atoms with Crippen molar-refractivity contribution in [2.45, 2.75) is 44.9 Å². The molecule has 0 saturated carbocycles. The Hall–Kier alpha value is -0.0800. The average Bonchev–Trinajstić information content (AvgIpc) is 2.08. The maximum atomic E-state index is 3.23. The molecule has 1 aliphatic heterocycles. The molecule has 0 aromatic carbocycles. The van der Waals surface area contributed by atoms with Gasteiger partial charge < -0.3 is 0 Å². The molecule has 0 amide bonds. The van der Waals surface area contributed by atoms with Crippen LogP contribution in [0.4, 0.5) is 0 Å². The van der Waals surface area contributed by atoms with E-state index < -0.39 is 0 Å². The van der Waals surface area contributed by atoms with E-state index in [1.807, 2.05) is 0 Å². The van der Waals surface area contributed by atoms with Gasteiger partial charge in [-0.05, 0) is 12.8 Å². The van der Waals surface area contributed by atoms with Crippen LogP contribution in [0, 0.1) is 0 Å². The first-order valence-corrected chi connectivity index (χ1v) is 4.96. The van der Waals surface area contributed by atoms with E-state index in [4.69, 9.17) is 0 Å². The van der Waals surface area contributed by atoms with Crippen molar-refractivity contribution in [3.05, 3.63) is 0 Å². The number of hydrazine groups is 1. The molecule has 1 heterocycles. The molecule has 0 aliphatic carbocycles. The van der Waals surface area contributed by atoms with E-state index in [1.54, 1.807) is 0 Å². The molecule has 2 N–H and O–H groups in total. The largest absolute Gasteiger partial charge is 0.258 e. The van der Waals surface area contributed by atoms with Crippen molar-refractivity contribution < 1.29 is 0 Å². The summed E-state index contributed by atoms with van der Waals surface area (Å²) in [6, 6.07) is 0. The standard InChI is InChI=1S/C9H20N2/c1-2-4-6-8-10-11-9-7-5-3-1/h10-11H,1-9H2. The fourth-order valence-electron chi connectivity index (χ4n) is 1.49. The molecule has 2 nitrogen and oxygen atoms in total. The molecule has 0 radical (unpaired) electrons. The highest BCUT2D eigenvalue weighted by atomic mass is 15.3.